The van der Waals surface area contributed by atoms with Crippen molar-refractivity contribution >= 4 is 5.96 Å². The minimum absolute atomic E-state index is 0.161. The summed E-state index contributed by atoms with van der Waals surface area (Å²) in [7, 11) is 0. The molecule has 0 fully saturated rings. The van der Waals surface area contributed by atoms with Gasteiger partial charge in [0.05, 0.1) is 31.0 Å². The first kappa shape index (κ1) is 12.9. The molecule has 9 nitrogen and oxygen atoms in total. The maximum absolute atomic E-state index is 8.50. The molecule has 1 N–H and O–H groups in total. The van der Waals surface area contributed by atoms with E-state index in [9.17, 15) is 0 Å². The maximum atomic E-state index is 8.50. The third kappa shape index (κ3) is 2.36. The Labute approximate surface area is 121 Å². The van der Waals surface area contributed by atoms with Gasteiger partial charge in [0.25, 0.3) is 5.96 Å². The zero-order chi connectivity index (χ0) is 14.7. The van der Waals surface area contributed by atoms with E-state index in [1.54, 1.807) is 59.1 Å². The number of hydrogen-bond acceptors (Lipinski definition) is 4. The predicted octanol–water partition coefficient (Wildman–Crippen LogP) is 0.270. The molecule has 108 valence electrons. The van der Waals surface area contributed by atoms with Gasteiger partial charge in [-0.2, -0.15) is 29.7 Å². The van der Waals surface area contributed by atoms with Gasteiger partial charge in [0.2, 0.25) is 0 Å². The maximum Gasteiger partial charge on any atom is 0.258 e. The molecule has 0 radical (unpaired) electrons. The summed E-state index contributed by atoms with van der Waals surface area (Å²) in [6.45, 7) is 2.51. The third-order valence-electron chi connectivity index (χ3n) is 2.84. The van der Waals surface area contributed by atoms with E-state index in [1.165, 1.54) is 14.7 Å². The fourth-order valence-electron chi connectivity index (χ4n) is 1.93. The lowest BCUT2D eigenvalue weighted by Crippen LogP contribution is -2.56. The van der Waals surface area contributed by atoms with Gasteiger partial charge in [-0.1, -0.05) is 0 Å². The lowest BCUT2D eigenvalue weighted by Gasteiger charge is -2.30. The summed E-state index contributed by atoms with van der Waals surface area (Å²) in [4.78, 5) is 4.66. The summed E-state index contributed by atoms with van der Waals surface area (Å²) < 4.78 is 0. The molecule has 0 atom stereocenters. The van der Waals surface area contributed by atoms with Gasteiger partial charge in [0.15, 0.2) is 0 Å². The SMILES string of the molecule is CCN(C(=N)N(n1cccn1)n1cccn1)n1cccn1. The highest BCUT2D eigenvalue weighted by Gasteiger charge is 2.21. The van der Waals surface area contributed by atoms with Crippen LogP contribution in [0.4, 0.5) is 0 Å². The Balaban J connectivity index is 1.98. The van der Waals surface area contributed by atoms with Crippen molar-refractivity contribution in [3.05, 3.63) is 55.4 Å². The van der Waals surface area contributed by atoms with Crippen LogP contribution in [0, 0.1) is 5.41 Å². The molecule has 0 bridgehead atoms. The molecule has 0 aliphatic heterocycles. The zero-order valence-corrected chi connectivity index (χ0v) is 11.5. The van der Waals surface area contributed by atoms with Crippen LogP contribution in [0.5, 0.6) is 0 Å². The van der Waals surface area contributed by atoms with Crippen molar-refractivity contribution in [2.45, 2.75) is 6.92 Å². The van der Waals surface area contributed by atoms with Crippen molar-refractivity contribution in [1.82, 2.24) is 29.7 Å². The molecule has 0 amide bonds. The standard InChI is InChI=1S/C12H15N9/c1-2-17(18-9-3-6-14-18)12(13)21(19-10-4-7-15-19)20-11-5-8-16-20/h3-11,13H,2H2,1H3. The molecule has 0 saturated carbocycles. The lowest BCUT2D eigenvalue weighted by molar-refractivity contribution is 0.497. The zero-order valence-electron chi connectivity index (χ0n) is 11.5. The molecular formula is C12H15N9. The average Bonchev–Trinajstić information content (AvgIpc) is 3.24. The topological polar surface area (TPSA) is 83.8 Å². The highest BCUT2D eigenvalue weighted by Crippen LogP contribution is 2.00. The average molecular weight is 285 g/mol. The summed E-state index contributed by atoms with van der Waals surface area (Å²) in [5.41, 5.74) is 0. The van der Waals surface area contributed by atoms with Gasteiger partial charge in [0, 0.05) is 12.7 Å². The molecular weight excluding hydrogens is 270 g/mol. The van der Waals surface area contributed by atoms with E-state index in [0.717, 1.165) is 0 Å². The number of aromatic nitrogens is 6. The Morgan fingerprint density at radius 2 is 1.38 bits per heavy atom. The first-order chi connectivity index (χ1) is 10.3. The number of hydrogen-bond donors (Lipinski definition) is 1. The van der Waals surface area contributed by atoms with Crippen molar-refractivity contribution in [2.24, 2.45) is 0 Å². The minimum Gasteiger partial charge on any atom is -0.264 e. The van der Waals surface area contributed by atoms with Crippen LogP contribution in [-0.2, 0) is 0 Å². The second-order valence-corrected chi connectivity index (χ2v) is 4.11. The van der Waals surface area contributed by atoms with Crippen LogP contribution in [0.3, 0.4) is 0 Å². The van der Waals surface area contributed by atoms with Crippen molar-refractivity contribution in [3.8, 4) is 0 Å². The largest absolute Gasteiger partial charge is 0.264 e. The normalized spacial score (nSPS) is 10.5. The van der Waals surface area contributed by atoms with Gasteiger partial charge in [-0.05, 0) is 25.1 Å². The Kier molecular flexibility index (Phi) is 3.37. The first-order valence-corrected chi connectivity index (χ1v) is 6.47. The third-order valence-corrected chi connectivity index (χ3v) is 2.84. The van der Waals surface area contributed by atoms with Gasteiger partial charge in [0.1, 0.15) is 0 Å². The van der Waals surface area contributed by atoms with Crippen LogP contribution < -0.4 is 10.1 Å². The molecule has 21 heavy (non-hydrogen) atoms. The van der Waals surface area contributed by atoms with Crippen LogP contribution in [0.15, 0.2) is 55.4 Å². The number of rotatable bonds is 4. The Morgan fingerprint density at radius 1 is 0.905 bits per heavy atom. The minimum atomic E-state index is 0.161. The summed E-state index contributed by atoms with van der Waals surface area (Å²) in [6.07, 6.45) is 10.2. The number of guanidine groups is 1. The van der Waals surface area contributed by atoms with Crippen LogP contribution in [-0.4, -0.2) is 42.2 Å². The van der Waals surface area contributed by atoms with Gasteiger partial charge in [-0.15, -0.1) is 5.12 Å². The molecule has 3 heterocycles. The molecule has 0 aromatic carbocycles. The van der Waals surface area contributed by atoms with E-state index >= 15 is 0 Å². The summed E-state index contributed by atoms with van der Waals surface area (Å²) in [5, 5.41) is 24.2. The van der Waals surface area contributed by atoms with Crippen LogP contribution in [0.1, 0.15) is 6.92 Å². The highest BCUT2D eigenvalue weighted by atomic mass is 15.9. The van der Waals surface area contributed by atoms with Gasteiger partial charge < -0.3 is 0 Å². The van der Waals surface area contributed by atoms with Gasteiger partial charge in [-0.25, -0.2) is 5.01 Å². The van der Waals surface area contributed by atoms with E-state index in [-0.39, 0.29) is 5.96 Å². The first-order valence-electron chi connectivity index (χ1n) is 6.47. The van der Waals surface area contributed by atoms with Crippen molar-refractivity contribution in [3.63, 3.8) is 0 Å². The van der Waals surface area contributed by atoms with Crippen molar-refractivity contribution in [1.29, 1.82) is 5.41 Å². The molecule has 0 unspecified atom stereocenters. The molecule has 9 heteroatoms. The van der Waals surface area contributed by atoms with Crippen LogP contribution in [0.25, 0.3) is 0 Å². The quantitative estimate of drug-likeness (QED) is 0.549. The van der Waals surface area contributed by atoms with E-state index < -0.39 is 0 Å². The second kappa shape index (κ2) is 5.49. The summed E-state index contributed by atoms with van der Waals surface area (Å²) in [5.74, 6) is 0.161. The number of nitrogens with zero attached hydrogens (tertiary/aromatic N) is 8. The molecule has 0 aliphatic carbocycles. The molecule has 0 saturated heterocycles. The van der Waals surface area contributed by atoms with Crippen molar-refractivity contribution < 1.29 is 0 Å². The van der Waals surface area contributed by atoms with E-state index in [0.29, 0.717) is 6.54 Å². The molecule has 3 rings (SSSR count). The van der Waals surface area contributed by atoms with Gasteiger partial charge >= 0.3 is 0 Å². The van der Waals surface area contributed by atoms with Crippen LogP contribution in [0.2, 0.25) is 0 Å². The van der Waals surface area contributed by atoms with Crippen molar-refractivity contribution in [2.75, 3.05) is 16.7 Å². The molecule has 3 aromatic rings. The Bertz CT molecular complexity index is 634. The lowest BCUT2D eigenvalue weighted by atomic mass is 10.7. The van der Waals surface area contributed by atoms with E-state index in [2.05, 4.69) is 15.3 Å². The van der Waals surface area contributed by atoms with Gasteiger partial charge in [-0.3, -0.25) is 5.41 Å². The fraction of sp³-hybridized carbons (Fsp3) is 0.167. The molecule has 0 spiro atoms. The monoisotopic (exact) mass is 285 g/mol. The fourth-order valence-corrected chi connectivity index (χ4v) is 1.93. The highest BCUT2D eigenvalue weighted by molar-refractivity contribution is 5.94. The predicted molar refractivity (Wildman–Crippen MR) is 76.8 cm³/mol. The Hall–Kier alpha value is -3.10. The summed E-state index contributed by atoms with van der Waals surface area (Å²) >= 11 is 0. The summed E-state index contributed by atoms with van der Waals surface area (Å²) in [6, 6.07) is 5.38. The van der Waals surface area contributed by atoms with Crippen LogP contribution >= 0.6 is 0 Å². The molecule has 3 aromatic heterocycles. The van der Waals surface area contributed by atoms with E-state index in [1.807, 2.05) is 13.0 Å². The smallest absolute Gasteiger partial charge is 0.258 e. The van der Waals surface area contributed by atoms with E-state index in [4.69, 9.17) is 5.41 Å². The second-order valence-electron chi connectivity index (χ2n) is 4.11. The number of nitrogens with one attached hydrogen (secondary N) is 1. The molecule has 0 aliphatic rings. The Morgan fingerprint density at radius 3 is 1.76 bits per heavy atom.